The van der Waals surface area contributed by atoms with E-state index in [1.54, 1.807) is 6.08 Å². The van der Waals surface area contributed by atoms with E-state index in [0.29, 0.717) is 26.2 Å². The zero-order valence-corrected chi connectivity index (χ0v) is 14.9. The number of hydrogen-bond acceptors (Lipinski definition) is 3. The van der Waals surface area contributed by atoms with Gasteiger partial charge in [0.05, 0.1) is 19.3 Å². The third kappa shape index (κ3) is 6.46. The van der Waals surface area contributed by atoms with E-state index in [2.05, 4.69) is 6.58 Å². The van der Waals surface area contributed by atoms with Crippen LogP contribution < -0.4 is 0 Å². The van der Waals surface area contributed by atoms with E-state index >= 15 is 0 Å². The highest BCUT2D eigenvalue weighted by Crippen LogP contribution is 2.23. The van der Waals surface area contributed by atoms with Crippen LogP contribution in [0, 0.1) is 0 Å². The van der Waals surface area contributed by atoms with Crippen LogP contribution >= 0.6 is 0 Å². The maximum absolute atomic E-state index is 10.5. The van der Waals surface area contributed by atoms with E-state index in [-0.39, 0.29) is 0 Å². The number of hydrogen-bond donors (Lipinski definition) is 1. The Bertz CT molecular complexity index is 612. The van der Waals surface area contributed by atoms with Crippen LogP contribution in [0.4, 0.5) is 0 Å². The summed E-state index contributed by atoms with van der Waals surface area (Å²) in [5.74, 6) is 0. The fourth-order valence-electron chi connectivity index (χ4n) is 2.53. The molecule has 1 N–H and O–H groups in total. The van der Waals surface area contributed by atoms with Crippen LogP contribution in [0.15, 0.2) is 73.3 Å². The van der Waals surface area contributed by atoms with Crippen LogP contribution in [0.2, 0.25) is 0 Å². The minimum absolute atomic E-state index is 0.449. The summed E-state index contributed by atoms with van der Waals surface area (Å²) in [5.41, 5.74) is 1.47. The van der Waals surface area contributed by atoms with Crippen molar-refractivity contribution < 1.29 is 14.6 Å². The SMILES string of the molecule is C=C[C@](C)(OCc1ccccc1)[C@H](O)CCCOCc1ccccc1. The average Bonchev–Trinajstić information content (AvgIpc) is 2.67. The monoisotopic (exact) mass is 340 g/mol. The van der Waals surface area contributed by atoms with Crippen molar-refractivity contribution in [3.8, 4) is 0 Å². The van der Waals surface area contributed by atoms with Gasteiger partial charge in [0, 0.05) is 6.61 Å². The van der Waals surface area contributed by atoms with Crippen LogP contribution in [0.5, 0.6) is 0 Å². The van der Waals surface area contributed by atoms with Gasteiger partial charge in [-0.1, -0.05) is 66.7 Å². The molecule has 2 aromatic rings. The Morgan fingerprint density at radius 3 is 2.12 bits per heavy atom. The molecule has 2 aromatic carbocycles. The van der Waals surface area contributed by atoms with Crippen LogP contribution in [0.1, 0.15) is 30.9 Å². The van der Waals surface area contributed by atoms with Gasteiger partial charge >= 0.3 is 0 Å². The third-order valence-electron chi connectivity index (χ3n) is 4.34. The van der Waals surface area contributed by atoms with Crippen molar-refractivity contribution in [3.63, 3.8) is 0 Å². The molecule has 134 valence electrons. The smallest absolute Gasteiger partial charge is 0.109 e. The van der Waals surface area contributed by atoms with Gasteiger partial charge in [0.2, 0.25) is 0 Å². The molecule has 3 heteroatoms. The minimum Gasteiger partial charge on any atom is -0.390 e. The van der Waals surface area contributed by atoms with Crippen molar-refractivity contribution in [3.05, 3.63) is 84.4 Å². The highest BCUT2D eigenvalue weighted by atomic mass is 16.5. The Morgan fingerprint density at radius 2 is 1.56 bits per heavy atom. The summed E-state index contributed by atoms with van der Waals surface area (Å²) in [6.07, 6.45) is 2.44. The summed E-state index contributed by atoms with van der Waals surface area (Å²) in [6, 6.07) is 20.0. The van der Waals surface area contributed by atoms with Gasteiger partial charge in [-0.05, 0) is 30.9 Å². The molecule has 0 saturated carbocycles. The molecular weight excluding hydrogens is 312 g/mol. The fraction of sp³-hybridized carbons (Fsp3) is 0.364. The molecule has 0 radical (unpaired) electrons. The second-order valence-corrected chi connectivity index (χ2v) is 6.36. The Hall–Kier alpha value is -1.94. The molecule has 0 unspecified atom stereocenters. The van der Waals surface area contributed by atoms with Crippen molar-refractivity contribution in [2.24, 2.45) is 0 Å². The first-order valence-corrected chi connectivity index (χ1v) is 8.75. The first-order chi connectivity index (χ1) is 12.1. The lowest BCUT2D eigenvalue weighted by molar-refractivity contribution is -0.0931. The van der Waals surface area contributed by atoms with Crippen LogP contribution in [-0.4, -0.2) is 23.4 Å². The lowest BCUT2D eigenvalue weighted by Gasteiger charge is -2.31. The van der Waals surface area contributed by atoms with Gasteiger partial charge in [-0.15, -0.1) is 6.58 Å². The van der Waals surface area contributed by atoms with Gasteiger partial charge in [0.1, 0.15) is 5.60 Å². The Morgan fingerprint density at radius 1 is 1.00 bits per heavy atom. The van der Waals surface area contributed by atoms with Crippen LogP contribution in [-0.2, 0) is 22.7 Å². The summed E-state index contributed by atoms with van der Waals surface area (Å²) < 4.78 is 11.6. The summed E-state index contributed by atoms with van der Waals surface area (Å²) in [6.45, 7) is 7.36. The van der Waals surface area contributed by atoms with Crippen molar-refractivity contribution in [1.82, 2.24) is 0 Å². The zero-order valence-electron chi connectivity index (χ0n) is 14.9. The first-order valence-electron chi connectivity index (χ1n) is 8.75. The fourth-order valence-corrected chi connectivity index (χ4v) is 2.53. The molecule has 2 rings (SSSR count). The van der Waals surface area contributed by atoms with Gasteiger partial charge in [0.25, 0.3) is 0 Å². The van der Waals surface area contributed by atoms with Crippen molar-refractivity contribution in [2.75, 3.05) is 6.61 Å². The number of benzene rings is 2. The summed E-state index contributed by atoms with van der Waals surface area (Å²) in [4.78, 5) is 0. The quantitative estimate of drug-likeness (QED) is 0.483. The first kappa shape index (κ1) is 19.4. The highest BCUT2D eigenvalue weighted by Gasteiger charge is 2.30. The third-order valence-corrected chi connectivity index (χ3v) is 4.34. The van der Waals surface area contributed by atoms with Crippen molar-refractivity contribution >= 4 is 0 Å². The van der Waals surface area contributed by atoms with Gasteiger partial charge in [-0.25, -0.2) is 0 Å². The Labute approximate surface area is 150 Å². The molecule has 0 heterocycles. The molecule has 2 atom stereocenters. The number of aliphatic hydroxyl groups is 1. The molecule has 0 amide bonds. The molecular formula is C22H28O3. The average molecular weight is 340 g/mol. The molecule has 0 spiro atoms. The molecule has 25 heavy (non-hydrogen) atoms. The largest absolute Gasteiger partial charge is 0.390 e. The molecule has 3 nitrogen and oxygen atoms in total. The number of aliphatic hydroxyl groups excluding tert-OH is 1. The number of ether oxygens (including phenoxy) is 2. The standard InChI is InChI=1S/C22H28O3/c1-3-22(2,25-18-20-13-8-5-9-14-20)21(23)15-10-16-24-17-19-11-6-4-7-12-19/h3-9,11-14,21,23H,1,10,15-18H2,2H3/t21-,22+/m1/s1. The van der Waals surface area contributed by atoms with Gasteiger partial charge in [-0.2, -0.15) is 0 Å². The lowest BCUT2D eigenvalue weighted by Crippen LogP contribution is -2.40. The maximum Gasteiger partial charge on any atom is 0.109 e. The van der Waals surface area contributed by atoms with E-state index in [1.807, 2.05) is 67.6 Å². The van der Waals surface area contributed by atoms with E-state index in [4.69, 9.17) is 9.47 Å². The zero-order chi connectivity index (χ0) is 18.0. The molecule has 0 saturated heterocycles. The van der Waals surface area contributed by atoms with Gasteiger partial charge < -0.3 is 14.6 Å². The van der Waals surface area contributed by atoms with Gasteiger partial charge in [0.15, 0.2) is 0 Å². The minimum atomic E-state index is -0.769. The van der Waals surface area contributed by atoms with E-state index in [9.17, 15) is 5.11 Å². The van der Waals surface area contributed by atoms with Gasteiger partial charge in [-0.3, -0.25) is 0 Å². The lowest BCUT2D eigenvalue weighted by atomic mass is 9.95. The van der Waals surface area contributed by atoms with Crippen LogP contribution in [0.3, 0.4) is 0 Å². The summed E-state index contributed by atoms with van der Waals surface area (Å²) in [7, 11) is 0. The maximum atomic E-state index is 10.5. The number of rotatable bonds is 11. The second-order valence-electron chi connectivity index (χ2n) is 6.36. The second kappa shape index (κ2) is 10.1. The molecule has 0 aliphatic heterocycles. The highest BCUT2D eigenvalue weighted by molar-refractivity contribution is 5.14. The molecule has 0 aromatic heterocycles. The van der Waals surface area contributed by atoms with E-state index in [0.717, 1.165) is 17.5 Å². The molecule has 0 aliphatic carbocycles. The molecule has 0 fully saturated rings. The molecule has 0 aliphatic rings. The van der Waals surface area contributed by atoms with E-state index in [1.165, 1.54) is 0 Å². The predicted octanol–water partition coefficient (Wildman–Crippen LogP) is 4.51. The Kier molecular flexibility index (Phi) is 7.86. The molecule has 0 bridgehead atoms. The topological polar surface area (TPSA) is 38.7 Å². The normalized spacial score (nSPS) is 14.6. The van der Waals surface area contributed by atoms with E-state index < -0.39 is 11.7 Å². The van der Waals surface area contributed by atoms with Crippen molar-refractivity contribution in [1.29, 1.82) is 0 Å². The summed E-state index contributed by atoms with van der Waals surface area (Å²) >= 11 is 0. The predicted molar refractivity (Wildman–Crippen MR) is 101 cm³/mol. The Balaban J connectivity index is 1.71. The van der Waals surface area contributed by atoms with Crippen LogP contribution in [0.25, 0.3) is 0 Å². The summed E-state index contributed by atoms with van der Waals surface area (Å²) in [5, 5.41) is 10.5. The van der Waals surface area contributed by atoms with Crippen molar-refractivity contribution in [2.45, 2.75) is 44.7 Å².